The lowest BCUT2D eigenvalue weighted by Crippen LogP contribution is -2.41. The number of ketones is 1. The molecule has 0 saturated carbocycles. The number of hydrogen-bond donors (Lipinski definition) is 4. The molecule has 696 valence electrons. The van der Waals surface area contributed by atoms with Crippen LogP contribution in [0, 0.1) is 0 Å². The molecule has 27 nitrogen and oxygen atoms in total. The Kier molecular flexibility index (Phi) is 28.2. The maximum atomic E-state index is 12.7. The highest BCUT2D eigenvalue weighted by atomic mass is 16.7. The number of aromatic hydroxyl groups is 2. The van der Waals surface area contributed by atoms with Crippen molar-refractivity contribution in [3.63, 3.8) is 0 Å². The van der Waals surface area contributed by atoms with Gasteiger partial charge in [-0.3, -0.25) is 34.0 Å². The van der Waals surface area contributed by atoms with Crippen molar-refractivity contribution in [3.05, 3.63) is 230 Å². The maximum Gasteiger partial charge on any atom is 0.412 e. The number of phenolic OH excluding ortho intramolecular Hbond substituents is 2. The van der Waals surface area contributed by atoms with E-state index in [2.05, 4.69) is 104 Å². The van der Waals surface area contributed by atoms with Crippen LogP contribution in [0.5, 0.6) is 69.0 Å². The fourth-order valence-electron chi connectivity index (χ4n) is 18.9. The monoisotopic (exact) mass is 1820 g/mol. The first-order chi connectivity index (χ1) is 64.3. The first kappa shape index (κ1) is 94.4. The van der Waals surface area contributed by atoms with Gasteiger partial charge in [-0.2, -0.15) is 0 Å². The first-order valence-corrected chi connectivity index (χ1v) is 44.8. The highest BCUT2D eigenvalue weighted by Crippen LogP contribution is 2.57. The number of quaternary nitrogens is 1. The number of esters is 3. The van der Waals surface area contributed by atoms with Gasteiger partial charge >= 0.3 is 30.1 Å². The van der Waals surface area contributed by atoms with E-state index in [9.17, 15) is 39.0 Å². The summed E-state index contributed by atoms with van der Waals surface area (Å²) in [5, 5.41) is 34.3. The van der Waals surface area contributed by atoms with Crippen LogP contribution >= 0.6 is 0 Å². The fraction of sp³-hybridized carbons (Fsp3) is 0.318. The molecule has 0 bridgehead atoms. The highest BCUT2D eigenvalue weighted by Gasteiger charge is 2.41. The van der Waals surface area contributed by atoms with E-state index in [0.29, 0.717) is 81.9 Å². The summed E-state index contributed by atoms with van der Waals surface area (Å²) in [6.45, 7) is 17.9. The van der Waals surface area contributed by atoms with Crippen molar-refractivity contribution in [2.24, 2.45) is 0 Å². The number of hydrogen-bond acceptors (Lipinski definition) is 24. The van der Waals surface area contributed by atoms with E-state index in [-0.39, 0.29) is 41.6 Å². The van der Waals surface area contributed by atoms with Crippen LogP contribution in [0.2, 0.25) is 0 Å². The zero-order valence-electron chi connectivity index (χ0n) is 78.8. The van der Waals surface area contributed by atoms with Gasteiger partial charge < -0.3 is 87.1 Å². The van der Waals surface area contributed by atoms with Gasteiger partial charge in [0.1, 0.15) is 5.69 Å². The predicted molar refractivity (Wildman–Crippen MR) is 515 cm³/mol. The smallest absolute Gasteiger partial charge is 0.412 e. The summed E-state index contributed by atoms with van der Waals surface area (Å²) in [7, 11) is 21.3. The molecule has 134 heavy (non-hydrogen) atoms. The second kappa shape index (κ2) is 40.1. The van der Waals surface area contributed by atoms with E-state index in [1.165, 1.54) is 61.3 Å². The minimum Gasteiger partial charge on any atom is -0.504 e. The average Bonchev–Trinajstić information content (AvgIpc) is 1.27. The molecule has 4 atom stereocenters. The van der Waals surface area contributed by atoms with Gasteiger partial charge in [0.05, 0.1) is 61.9 Å². The number of allylic oxidation sites excluding steroid dienone is 1. The quantitative estimate of drug-likeness (QED) is 0.0146. The van der Waals surface area contributed by atoms with Crippen LogP contribution in [0.4, 0.5) is 9.59 Å². The lowest BCUT2D eigenvalue weighted by atomic mass is 9.76. The SMILES string of the molecule is C=C(C)OC1C=c2ccc3c(CCN(C)C)cc(OC(C)=O)c(OC(C)=O)c3c2=CC1OC(C)=O.CCNC(=O)Oc1cc2c(cc1OC)-c1c(OC)c(OC(=O)NCC)cc3c1C(C2)N(C)CC3.COc1cc2c3c(c1OC)-c1ccccc1CC3N(C)CC2.C[N+](C)(C)CCc1cc(O)c(O)c2c1ccc1ccccc12.O=C1c2ccccc2-c2c3c(cc4ccnc1c24)OCO3. The lowest BCUT2D eigenvalue weighted by molar-refractivity contribution is -0.870. The fourth-order valence-corrected chi connectivity index (χ4v) is 18.9. The summed E-state index contributed by atoms with van der Waals surface area (Å²) in [5.41, 5.74) is 16.8. The number of nitrogens with one attached hydrogen (secondary N) is 2. The van der Waals surface area contributed by atoms with Crippen LogP contribution in [0.3, 0.4) is 0 Å². The number of ether oxygens (including phenoxy) is 12. The van der Waals surface area contributed by atoms with Crippen LogP contribution in [0.25, 0.3) is 88.6 Å². The Morgan fingerprint density at radius 1 is 0.537 bits per heavy atom. The molecule has 3 aliphatic heterocycles. The van der Waals surface area contributed by atoms with Gasteiger partial charge in [-0.15, -0.1) is 0 Å². The molecule has 0 radical (unpaired) electrons. The molecule has 2 amide bonds. The van der Waals surface area contributed by atoms with E-state index in [0.717, 1.165) is 167 Å². The number of nitrogens with zero attached hydrogens (tertiary/aromatic N) is 5. The number of carbonyl (C=O) groups excluding carboxylic acids is 6. The molecule has 7 aliphatic rings. The third-order valence-corrected chi connectivity index (χ3v) is 24.9. The molecule has 12 aromatic rings. The van der Waals surface area contributed by atoms with Crippen LogP contribution in [-0.2, 0) is 62.4 Å². The van der Waals surface area contributed by atoms with E-state index in [1.54, 1.807) is 52.7 Å². The average molecular weight is 1820 g/mol. The zero-order chi connectivity index (χ0) is 95.4. The van der Waals surface area contributed by atoms with Crippen LogP contribution < -0.4 is 68.4 Å². The third kappa shape index (κ3) is 19.4. The Hall–Kier alpha value is -14.3. The zero-order valence-corrected chi connectivity index (χ0v) is 78.8. The number of methoxy groups -OCH3 is 4. The largest absolute Gasteiger partial charge is 0.504 e. The number of fused-ring (bicyclic) bond motifs is 14. The Labute approximate surface area is 778 Å². The number of likely N-dealkylation sites (N-methyl/N-ethyl adjacent to an activating group) is 4. The van der Waals surface area contributed by atoms with Gasteiger partial charge in [-0.05, 0) is 240 Å². The Morgan fingerprint density at radius 2 is 1.12 bits per heavy atom. The van der Waals surface area contributed by atoms with Gasteiger partial charge in [-0.1, -0.05) is 104 Å². The second-order valence-corrected chi connectivity index (χ2v) is 35.3. The first-order valence-electron chi connectivity index (χ1n) is 44.8. The van der Waals surface area contributed by atoms with E-state index in [1.807, 2.05) is 136 Å². The second-order valence-electron chi connectivity index (χ2n) is 35.3. The molecule has 1 aromatic heterocycles. The van der Waals surface area contributed by atoms with Crippen molar-refractivity contribution in [1.29, 1.82) is 0 Å². The lowest BCUT2D eigenvalue weighted by Gasteiger charge is -2.40. The molecule has 4 unspecified atom stereocenters. The number of rotatable bonds is 19. The summed E-state index contributed by atoms with van der Waals surface area (Å²) in [5.74, 6) is 3.88. The van der Waals surface area contributed by atoms with Gasteiger partial charge in [0.15, 0.2) is 81.2 Å². The topological polar surface area (TPSA) is 300 Å². The molecular formula is C107H114N7O20+. The van der Waals surface area contributed by atoms with Crippen molar-refractivity contribution in [2.45, 2.75) is 104 Å². The summed E-state index contributed by atoms with van der Waals surface area (Å²) in [6.07, 6.45) is 8.10. The minimum atomic E-state index is -0.741. The molecule has 4 N–H and O–H groups in total. The number of aromatic nitrogens is 1. The minimum absolute atomic E-state index is 0.0270. The molecule has 19 rings (SSSR count). The number of phenols is 2. The molecular weight excluding hydrogens is 1700 g/mol. The summed E-state index contributed by atoms with van der Waals surface area (Å²) in [6, 6.07) is 47.8. The highest BCUT2D eigenvalue weighted by molar-refractivity contribution is 6.26. The van der Waals surface area contributed by atoms with E-state index < -0.39 is 42.3 Å². The van der Waals surface area contributed by atoms with Gasteiger partial charge in [0, 0.05) is 117 Å². The molecule has 0 saturated heterocycles. The molecule has 11 aromatic carbocycles. The summed E-state index contributed by atoms with van der Waals surface area (Å²) < 4.78 is 68.4. The van der Waals surface area contributed by atoms with Crippen molar-refractivity contribution in [3.8, 4) is 102 Å². The van der Waals surface area contributed by atoms with Crippen molar-refractivity contribution in [1.82, 2.24) is 30.3 Å². The van der Waals surface area contributed by atoms with Gasteiger partial charge in [0.25, 0.3) is 0 Å². The van der Waals surface area contributed by atoms with Crippen molar-refractivity contribution < 1.29 is 100 Å². The summed E-state index contributed by atoms with van der Waals surface area (Å²) >= 11 is 0. The maximum absolute atomic E-state index is 12.7. The Morgan fingerprint density at radius 3 is 1.76 bits per heavy atom. The Balaban J connectivity index is 0.000000130. The normalized spacial score (nSPS) is 15.8. The van der Waals surface area contributed by atoms with Gasteiger partial charge in [0.2, 0.25) is 12.6 Å². The number of carbonyl (C=O) groups is 6. The number of benzene rings is 11. The molecule has 0 spiro atoms. The Bertz CT molecular complexity index is 6820. The number of pyridine rings is 1. The molecule has 0 fully saturated rings. The molecule has 27 heteroatoms. The van der Waals surface area contributed by atoms with Crippen molar-refractivity contribution >= 4 is 91.1 Å². The van der Waals surface area contributed by atoms with Gasteiger partial charge in [-0.25, -0.2) is 9.59 Å². The van der Waals surface area contributed by atoms with E-state index >= 15 is 0 Å². The number of amides is 2. The van der Waals surface area contributed by atoms with E-state index in [4.69, 9.17) is 56.8 Å². The third-order valence-electron chi connectivity index (χ3n) is 24.9. The molecule has 4 heterocycles. The van der Waals surface area contributed by atoms with Crippen LogP contribution in [-0.4, -0.2) is 206 Å². The van der Waals surface area contributed by atoms with Crippen molar-refractivity contribution in [2.75, 3.05) is 124 Å². The van der Waals surface area contributed by atoms with Crippen LogP contribution in [0.1, 0.15) is 114 Å². The molecule has 4 aliphatic carbocycles. The van der Waals surface area contributed by atoms with Crippen LogP contribution in [0.15, 0.2) is 164 Å². The predicted octanol–water partition coefficient (Wildman–Crippen LogP) is 16.2. The summed E-state index contributed by atoms with van der Waals surface area (Å²) in [4.78, 5) is 83.9. The standard InChI is InChI=1S/C27H31NO7.C25H31N3O6.2C19H21NO2.C17H9NO3/c1-15(2)32-23-12-19-8-9-21-20(10-11-28(6)7)13-25(34-17(4)30)27(35-18(5)31)26(21)22(19)14-24(23)33-16(3)29;1-6-26-24(29)33-19-12-15-10-17-21-14(8-9-28(17)3)11-20(34-25(30)27-7-2)23(32-5)22(21)16(15)13-18(19)31-4;1-20-9-8-13-11-16(21-2)19(22-3)18-14-7-5-4-6-12(14)10-15(20)17(13)18;1-20(2,3)11-10-14-12-17(21)19(22)18-15-7-5-4-6-13(15)8-9-16(14)18;19-16-11-4-2-1-3-10(11)14-13-9(5-6-18-15(13)16)7-12-17(14)21-8-20-12/h8-9,12-14,23-24H,1,10-11H2,2-7H3;11-13,17H,6-10H2,1-5H3,(H,26,29)(H,27,30);4-7,11,15H,8-10H2,1-3H3;4-9,12H,10-11H2,1-3H3,(H-,21,22);1-7H,8H2/p+1.